The van der Waals surface area contributed by atoms with Crippen molar-refractivity contribution in [2.45, 2.75) is 51.6 Å². The molecule has 3 heterocycles. The molecule has 0 saturated carbocycles. The number of hydrogen-bond acceptors (Lipinski definition) is 7. The van der Waals surface area contributed by atoms with E-state index in [9.17, 15) is 14.4 Å². The molecule has 10 nitrogen and oxygen atoms in total. The average molecular weight is 493 g/mol. The zero-order valence-corrected chi connectivity index (χ0v) is 20.8. The lowest BCUT2D eigenvalue weighted by Crippen LogP contribution is -2.64. The second-order valence-electron chi connectivity index (χ2n) is 9.07. The summed E-state index contributed by atoms with van der Waals surface area (Å²) in [5.41, 5.74) is 2.11. The molecule has 1 aliphatic rings. The summed E-state index contributed by atoms with van der Waals surface area (Å²) in [5.74, 6) is -1.33. The molecule has 3 aromatic rings. The lowest BCUT2D eigenvalue weighted by Gasteiger charge is -2.38. The predicted molar refractivity (Wildman–Crippen MR) is 133 cm³/mol. The van der Waals surface area contributed by atoms with Crippen LogP contribution in [-0.4, -0.2) is 63.7 Å². The van der Waals surface area contributed by atoms with E-state index in [1.807, 2.05) is 43.3 Å². The van der Waals surface area contributed by atoms with Crippen LogP contribution in [0.15, 0.2) is 42.6 Å². The first-order valence-electron chi connectivity index (χ1n) is 12.2. The van der Waals surface area contributed by atoms with E-state index in [0.717, 1.165) is 11.3 Å². The minimum atomic E-state index is -1.19. The first-order valence-corrected chi connectivity index (χ1v) is 12.2. The topological polar surface area (TPSA) is 127 Å². The van der Waals surface area contributed by atoms with Crippen molar-refractivity contribution < 1.29 is 19.1 Å². The highest BCUT2D eigenvalue weighted by Gasteiger charge is 2.43. The molecule has 10 heteroatoms. The summed E-state index contributed by atoms with van der Waals surface area (Å²) in [6.45, 7) is 6.67. The number of aromatic nitrogens is 3. The monoisotopic (exact) mass is 492 g/mol. The molecular formula is C26H32N6O4. The molecule has 190 valence electrons. The van der Waals surface area contributed by atoms with E-state index in [1.165, 1.54) is 6.20 Å². The van der Waals surface area contributed by atoms with Crippen molar-refractivity contribution in [3.05, 3.63) is 65.1 Å². The zero-order chi connectivity index (χ0) is 25.7. The Hall–Kier alpha value is -3.79. The number of rotatable bonds is 8. The van der Waals surface area contributed by atoms with E-state index in [2.05, 4.69) is 26.0 Å². The van der Waals surface area contributed by atoms with E-state index in [-0.39, 0.29) is 13.0 Å². The highest BCUT2D eigenvalue weighted by Crippen LogP contribution is 2.22. The van der Waals surface area contributed by atoms with Crippen molar-refractivity contribution in [1.29, 1.82) is 0 Å². The Bertz CT molecular complexity index is 1250. The third kappa shape index (κ3) is 5.38. The molecule has 4 rings (SSSR count). The van der Waals surface area contributed by atoms with E-state index in [4.69, 9.17) is 4.74 Å². The number of nitrogens with zero attached hydrogens (tertiary/aromatic N) is 3. The molecule has 1 unspecified atom stereocenters. The third-order valence-electron chi connectivity index (χ3n) is 6.49. The van der Waals surface area contributed by atoms with Crippen LogP contribution >= 0.6 is 0 Å². The number of esters is 1. The first-order chi connectivity index (χ1) is 17.3. The normalized spacial score (nSPS) is 15.8. The number of carbonyl (C=O) groups is 3. The quantitative estimate of drug-likeness (QED) is 0.407. The van der Waals surface area contributed by atoms with Gasteiger partial charge in [-0.05, 0) is 52.3 Å². The van der Waals surface area contributed by atoms with Crippen LogP contribution in [-0.2, 0) is 20.7 Å². The summed E-state index contributed by atoms with van der Waals surface area (Å²) in [6, 6.07) is 10.4. The van der Waals surface area contributed by atoms with Gasteiger partial charge in [0.1, 0.15) is 11.6 Å². The lowest BCUT2D eigenvalue weighted by molar-refractivity contribution is -0.148. The summed E-state index contributed by atoms with van der Waals surface area (Å²) in [6.07, 6.45) is 2.54. The number of hydrogen-bond donors (Lipinski definition) is 3. The third-order valence-corrected chi connectivity index (χ3v) is 6.49. The Kier molecular flexibility index (Phi) is 7.64. The summed E-state index contributed by atoms with van der Waals surface area (Å²) in [5, 5.41) is 13.5. The number of benzene rings is 1. The van der Waals surface area contributed by atoms with Crippen molar-refractivity contribution in [2.75, 3.05) is 19.7 Å². The van der Waals surface area contributed by atoms with Crippen LogP contribution < -0.4 is 16.0 Å². The minimum Gasteiger partial charge on any atom is -0.464 e. The molecule has 0 aliphatic carbocycles. The largest absolute Gasteiger partial charge is 0.464 e. The maximum absolute atomic E-state index is 13.7. The molecule has 36 heavy (non-hydrogen) atoms. The van der Waals surface area contributed by atoms with Gasteiger partial charge >= 0.3 is 5.97 Å². The van der Waals surface area contributed by atoms with Gasteiger partial charge in [0.15, 0.2) is 5.65 Å². The van der Waals surface area contributed by atoms with Crippen molar-refractivity contribution >= 4 is 23.4 Å². The van der Waals surface area contributed by atoms with E-state index >= 15 is 0 Å². The highest BCUT2D eigenvalue weighted by molar-refractivity contribution is 6.00. The SMILES string of the molecule is CCOC(=O)C(Cc1ccccc1)NC(=O)C1(NC(=O)c2cnc3cc(C)nn3c2C)CCNCC1. The first kappa shape index (κ1) is 25.3. The maximum atomic E-state index is 13.7. The molecule has 2 amide bonds. The van der Waals surface area contributed by atoms with Gasteiger partial charge in [-0.3, -0.25) is 9.59 Å². The molecule has 1 aliphatic heterocycles. The summed E-state index contributed by atoms with van der Waals surface area (Å²) in [4.78, 5) is 44.2. The van der Waals surface area contributed by atoms with Gasteiger partial charge in [-0.2, -0.15) is 5.10 Å². The number of fused-ring (bicyclic) bond motifs is 1. The average Bonchev–Trinajstić information content (AvgIpc) is 3.26. The molecule has 1 atom stereocenters. The van der Waals surface area contributed by atoms with Gasteiger partial charge in [-0.1, -0.05) is 30.3 Å². The molecule has 1 aromatic carbocycles. The minimum absolute atomic E-state index is 0.202. The smallest absolute Gasteiger partial charge is 0.328 e. The van der Waals surface area contributed by atoms with Crippen LogP contribution in [0.1, 0.15) is 47.1 Å². The number of nitrogens with one attached hydrogen (secondary N) is 3. The molecule has 1 saturated heterocycles. The molecule has 3 N–H and O–H groups in total. The number of amides is 2. The van der Waals surface area contributed by atoms with Gasteiger partial charge in [0.05, 0.1) is 23.6 Å². The van der Waals surface area contributed by atoms with Crippen molar-refractivity contribution in [3.8, 4) is 0 Å². The molecule has 0 bridgehead atoms. The number of carbonyl (C=O) groups excluding carboxylic acids is 3. The molecule has 1 fully saturated rings. The van der Waals surface area contributed by atoms with Crippen LogP contribution in [0.3, 0.4) is 0 Å². The highest BCUT2D eigenvalue weighted by atomic mass is 16.5. The number of ether oxygens (including phenoxy) is 1. The van der Waals surface area contributed by atoms with Gasteiger partial charge < -0.3 is 20.7 Å². The second kappa shape index (κ2) is 10.9. The molecule has 0 radical (unpaired) electrons. The van der Waals surface area contributed by atoms with Crippen LogP contribution in [0.5, 0.6) is 0 Å². The Labute approximate surface area is 209 Å². The Morgan fingerprint density at radius 2 is 1.89 bits per heavy atom. The van der Waals surface area contributed by atoms with E-state index < -0.39 is 29.4 Å². The molecular weight excluding hydrogens is 460 g/mol. The number of aryl methyl sites for hydroxylation is 2. The van der Waals surface area contributed by atoms with Crippen LogP contribution in [0.2, 0.25) is 0 Å². The van der Waals surface area contributed by atoms with Gasteiger partial charge in [0.25, 0.3) is 5.91 Å². The maximum Gasteiger partial charge on any atom is 0.328 e. The number of piperidine rings is 1. The van der Waals surface area contributed by atoms with E-state index in [0.29, 0.717) is 42.8 Å². The fraction of sp³-hybridized carbons (Fsp3) is 0.423. The Morgan fingerprint density at radius 3 is 2.58 bits per heavy atom. The second-order valence-corrected chi connectivity index (χ2v) is 9.07. The fourth-order valence-electron chi connectivity index (χ4n) is 4.52. The van der Waals surface area contributed by atoms with Crippen LogP contribution in [0.25, 0.3) is 5.65 Å². The summed E-state index contributed by atoms with van der Waals surface area (Å²) >= 11 is 0. The predicted octanol–water partition coefficient (Wildman–Crippen LogP) is 1.49. The van der Waals surface area contributed by atoms with Gasteiger partial charge in [0.2, 0.25) is 5.91 Å². The summed E-state index contributed by atoms with van der Waals surface area (Å²) < 4.78 is 6.86. The fourth-order valence-corrected chi connectivity index (χ4v) is 4.52. The van der Waals surface area contributed by atoms with Crippen molar-refractivity contribution in [2.24, 2.45) is 0 Å². The Balaban J connectivity index is 1.58. The zero-order valence-electron chi connectivity index (χ0n) is 20.8. The van der Waals surface area contributed by atoms with Crippen molar-refractivity contribution in [3.63, 3.8) is 0 Å². The standard InChI is InChI=1S/C26H32N6O4/c1-4-36-24(34)21(15-19-8-6-5-7-9-19)29-25(35)26(10-12-27-13-11-26)30-23(33)20-16-28-22-14-17(2)31-32(22)18(20)3/h5-9,14,16,21,27H,4,10-13,15H2,1-3H3,(H,29,35)(H,30,33). The molecule has 2 aromatic heterocycles. The van der Waals surface area contributed by atoms with Gasteiger partial charge in [-0.25, -0.2) is 14.3 Å². The van der Waals surface area contributed by atoms with Crippen molar-refractivity contribution in [1.82, 2.24) is 30.5 Å². The van der Waals surface area contributed by atoms with E-state index in [1.54, 1.807) is 18.4 Å². The van der Waals surface area contributed by atoms with Gasteiger partial charge in [-0.15, -0.1) is 0 Å². The molecule has 0 spiro atoms. The summed E-state index contributed by atoms with van der Waals surface area (Å²) in [7, 11) is 0. The van der Waals surface area contributed by atoms with Crippen LogP contribution in [0, 0.1) is 13.8 Å². The Morgan fingerprint density at radius 1 is 1.17 bits per heavy atom. The lowest BCUT2D eigenvalue weighted by atomic mass is 9.86. The van der Waals surface area contributed by atoms with Gasteiger partial charge in [0, 0.05) is 18.7 Å². The van der Waals surface area contributed by atoms with Crippen LogP contribution in [0.4, 0.5) is 0 Å².